The highest BCUT2D eigenvalue weighted by molar-refractivity contribution is 14.1. The molecule has 5 atom stereocenters. The molecule has 0 aromatic rings. The van der Waals surface area contributed by atoms with E-state index in [-0.39, 0.29) is 16.3 Å². The lowest BCUT2D eigenvalue weighted by molar-refractivity contribution is -0.171. The van der Waals surface area contributed by atoms with E-state index >= 15 is 0 Å². The first-order chi connectivity index (χ1) is 7.21. The van der Waals surface area contributed by atoms with E-state index < -0.39 is 33.1 Å². The van der Waals surface area contributed by atoms with E-state index in [2.05, 4.69) is 0 Å². The van der Waals surface area contributed by atoms with Gasteiger partial charge in [0.15, 0.2) is 4.75 Å². The zero-order valence-electron chi connectivity index (χ0n) is 7.87. The van der Waals surface area contributed by atoms with Gasteiger partial charge in [-0.25, -0.2) is 0 Å². The van der Waals surface area contributed by atoms with Gasteiger partial charge in [0.2, 0.25) is 0 Å². The average molecular weight is 368 g/mol. The molecule has 16 heavy (non-hydrogen) atoms. The molecule has 0 radical (unpaired) electrons. The Morgan fingerprint density at radius 1 is 1.38 bits per heavy atom. The minimum Gasteiger partial charge on any atom is -0.265 e. The summed E-state index contributed by atoms with van der Waals surface area (Å²) >= 11 is 2.01. The van der Waals surface area contributed by atoms with Crippen molar-refractivity contribution >= 4 is 32.7 Å². The Labute approximate surface area is 104 Å². The molecule has 0 amide bonds. The van der Waals surface area contributed by atoms with Crippen LogP contribution in [0.1, 0.15) is 12.8 Å². The molecule has 2 aliphatic carbocycles. The number of rotatable bonds is 0. The molecule has 3 nitrogen and oxygen atoms in total. The van der Waals surface area contributed by atoms with Crippen LogP contribution in [0.15, 0.2) is 0 Å². The number of hydrogen-bond donors (Lipinski definition) is 0. The van der Waals surface area contributed by atoms with Gasteiger partial charge in [0.05, 0.1) is 6.10 Å². The first-order valence-electron chi connectivity index (χ1n) is 4.84. The molecule has 1 aliphatic heterocycles. The molecule has 2 bridgehead atoms. The summed E-state index contributed by atoms with van der Waals surface area (Å²) in [7, 11) is -4.51. The van der Waals surface area contributed by atoms with Crippen molar-refractivity contribution in [1.29, 1.82) is 0 Å². The van der Waals surface area contributed by atoms with Gasteiger partial charge in [0, 0.05) is 9.84 Å². The zero-order chi connectivity index (χ0) is 11.9. The van der Waals surface area contributed by atoms with Crippen LogP contribution in [0.3, 0.4) is 0 Å². The summed E-state index contributed by atoms with van der Waals surface area (Å²) in [5, 5.41) is 0. The molecule has 3 fully saturated rings. The summed E-state index contributed by atoms with van der Waals surface area (Å²) in [6.07, 6.45) is -5.51. The Morgan fingerprint density at radius 2 is 2.00 bits per heavy atom. The van der Waals surface area contributed by atoms with Crippen LogP contribution in [0.25, 0.3) is 0 Å². The summed E-state index contributed by atoms with van der Waals surface area (Å²) in [4.78, 5) is 0. The van der Waals surface area contributed by atoms with Gasteiger partial charge in [0.25, 0.3) is 10.1 Å². The Bertz CT molecular complexity index is 448. The maximum atomic E-state index is 13.1. The first kappa shape index (κ1) is 11.5. The molecule has 3 aliphatic rings. The van der Waals surface area contributed by atoms with Crippen LogP contribution in [0.2, 0.25) is 0 Å². The summed E-state index contributed by atoms with van der Waals surface area (Å²) in [6, 6.07) is 0. The lowest BCUT2D eigenvalue weighted by atomic mass is 9.85. The van der Waals surface area contributed by atoms with Crippen LogP contribution in [-0.4, -0.2) is 29.4 Å². The van der Waals surface area contributed by atoms with Crippen LogP contribution in [-0.2, 0) is 14.3 Å². The highest BCUT2D eigenvalue weighted by Crippen LogP contribution is 2.67. The molecule has 0 aromatic heterocycles. The van der Waals surface area contributed by atoms with Crippen molar-refractivity contribution in [2.75, 3.05) is 0 Å². The van der Waals surface area contributed by atoms with Crippen LogP contribution in [0.5, 0.6) is 0 Å². The third-order valence-electron chi connectivity index (χ3n) is 4.05. The van der Waals surface area contributed by atoms with Crippen molar-refractivity contribution in [2.45, 2.75) is 33.8 Å². The Morgan fingerprint density at radius 3 is 2.50 bits per heavy atom. The largest absolute Gasteiger partial charge is 0.410 e. The highest BCUT2D eigenvalue weighted by Gasteiger charge is 2.81. The van der Waals surface area contributed by atoms with Gasteiger partial charge in [-0.05, 0) is 18.8 Å². The molecule has 0 aromatic carbocycles. The monoisotopic (exact) mass is 368 g/mol. The second-order valence-corrected chi connectivity index (χ2v) is 7.92. The second kappa shape index (κ2) is 2.87. The van der Waals surface area contributed by atoms with E-state index in [4.69, 9.17) is 4.18 Å². The van der Waals surface area contributed by atoms with Gasteiger partial charge in [0.1, 0.15) is 0 Å². The lowest BCUT2D eigenvalue weighted by Crippen LogP contribution is -2.53. The summed E-state index contributed by atoms with van der Waals surface area (Å²) in [5.41, 5.74) is 0. The summed E-state index contributed by atoms with van der Waals surface area (Å²) in [6.45, 7) is 0. The van der Waals surface area contributed by atoms with Gasteiger partial charge in [-0.1, -0.05) is 22.6 Å². The van der Waals surface area contributed by atoms with Crippen LogP contribution in [0.4, 0.5) is 13.2 Å². The molecular formula is C8H8F3IO3S. The van der Waals surface area contributed by atoms with Crippen molar-refractivity contribution < 1.29 is 25.8 Å². The van der Waals surface area contributed by atoms with Gasteiger partial charge in [-0.2, -0.15) is 21.6 Å². The predicted octanol–water partition coefficient (Wildman–Crippen LogP) is 1.86. The third kappa shape index (κ3) is 1.02. The number of alkyl halides is 4. The van der Waals surface area contributed by atoms with E-state index in [0.717, 1.165) is 0 Å². The van der Waals surface area contributed by atoms with Gasteiger partial charge in [-0.15, -0.1) is 0 Å². The number of halogens is 4. The minimum absolute atomic E-state index is 0.115. The predicted molar refractivity (Wildman–Crippen MR) is 56.6 cm³/mol. The number of hydrogen-bond acceptors (Lipinski definition) is 3. The Balaban J connectivity index is 2.20. The van der Waals surface area contributed by atoms with E-state index in [1.54, 1.807) is 0 Å². The molecule has 0 N–H and O–H groups in total. The quantitative estimate of drug-likeness (QED) is 0.373. The fourth-order valence-corrected chi connectivity index (χ4v) is 6.80. The molecule has 8 heteroatoms. The maximum absolute atomic E-state index is 13.1. The molecule has 2 saturated carbocycles. The SMILES string of the molecule is O=S1(=O)OC2C(I)C3CC2C1(C(F)(F)F)C3. The molecule has 1 heterocycles. The molecule has 1 saturated heterocycles. The van der Waals surface area contributed by atoms with E-state index in [1.807, 2.05) is 22.6 Å². The Kier molecular flexibility index (Phi) is 2.07. The summed E-state index contributed by atoms with van der Waals surface area (Å²) in [5.74, 6) is -1.08. The topological polar surface area (TPSA) is 43.4 Å². The zero-order valence-corrected chi connectivity index (χ0v) is 10.8. The smallest absolute Gasteiger partial charge is 0.265 e. The minimum atomic E-state index is -4.73. The van der Waals surface area contributed by atoms with Gasteiger partial charge >= 0.3 is 6.18 Å². The fourth-order valence-electron chi connectivity index (χ4n) is 3.38. The average Bonchev–Trinajstić information content (AvgIpc) is 2.66. The van der Waals surface area contributed by atoms with Crippen LogP contribution < -0.4 is 0 Å². The third-order valence-corrected chi connectivity index (χ3v) is 7.84. The van der Waals surface area contributed by atoms with Gasteiger partial charge < -0.3 is 0 Å². The van der Waals surface area contributed by atoms with E-state index in [9.17, 15) is 21.6 Å². The molecular weight excluding hydrogens is 360 g/mol. The maximum Gasteiger partial charge on any atom is 0.410 e. The standard InChI is InChI=1S/C8H8F3IO3S/c9-8(10,11)7-2-3-1-4(7)6(5(3)12)15-16(7,13)14/h3-6H,1-2H2. The van der Waals surface area contributed by atoms with Crippen molar-refractivity contribution in [3.8, 4) is 0 Å². The molecule has 92 valence electrons. The van der Waals surface area contributed by atoms with Crippen LogP contribution in [0, 0.1) is 11.8 Å². The lowest BCUT2D eigenvalue weighted by Gasteiger charge is -2.32. The van der Waals surface area contributed by atoms with Crippen molar-refractivity contribution in [1.82, 2.24) is 0 Å². The summed E-state index contributed by atoms with van der Waals surface area (Å²) < 4.78 is 64.5. The molecule has 5 unspecified atom stereocenters. The normalized spacial score (nSPS) is 53.5. The van der Waals surface area contributed by atoms with E-state index in [1.165, 1.54) is 0 Å². The van der Waals surface area contributed by atoms with Crippen molar-refractivity contribution in [2.24, 2.45) is 11.8 Å². The van der Waals surface area contributed by atoms with Crippen LogP contribution >= 0.6 is 22.6 Å². The molecule has 3 rings (SSSR count). The second-order valence-electron chi connectivity index (χ2n) is 4.65. The molecule has 0 spiro atoms. The van der Waals surface area contributed by atoms with Crippen molar-refractivity contribution in [3.63, 3.8) is 0 Å². The fraction of sp³-hybridized carbons (Fsp3) is 1.00. The van der Waals surface area contributed by atoms with Crippen molar-refractivity contribution in [3.05, 3.63) is 0 Å². The first-order valence-corrected chi connectivity index (χ1v) is 7.50. The highest BCUT2D eigenvalue weighted by atomic mass is 127. The Hall–Kier alpha value is 0.430. The van der Waals surface area contributed by atoms with E-state index in [0.29, 0.717) is 6.42 Å². The van der Waals surface area contributed by atoms with Gasteiger partial charge in [-0.3, -0.25) is 4.18 Å². The number of fused-ring (bicyclic) bond motifs is 1.